The average molecular weight is 318 g/mol. The van der Waals surface area contributed by atoms with Crippen LogP contribution in [0.4, 0.5) is 4.79 Å². The Bertz CT molecular complexity index is 395. The maximum atomic E-state index is 12.2. The molecule has 0 unspecified atom stereocenters. The molecule has 0 saturated carbocycles. The summed E-state index contributed by atoms with van der Waals surface area (Å²) in [4.78, 5) is 25.5. The number of carbonyl (C=O) groups excluding carboxylic acids is 2. The maximum Gasteiger partial charge on any atom is 0.410 e. The topological polar surface area (TPSA) is 100 Å². The average Bonchev–Trinajstić information content (AvgIpc) is 2.43. The summed E-state index contributed by atoms with van der Waals surface area (Å²) in [7, 11) is 2.77. The molecule has 22 heavy (non-hydrogen) atoms. The highest BCUT2D eigenvalue weighted by atomic mass is 16.7. The van der Waals surface area contributed by atoms with Crippen molar-refractivity contribution in [2.75, 3.05) is 34.1 Å². The zero-order valence-corrected chi connectivity index (χ0v) is 13.8. The van der Waals surface area contributed by atoms with E-state index in [4.69, 9.17) is 24.7 Å². The molecular weight excluding hydrogens is 292 g/mol. The van der Waals surface area contributed by atoms with Crippen molar-refractivity contribution in [3.63, 3.8) is 0 Å². The Hall–Kier alpha value is -1.38. The number of rotatable bonds is 4. The maximum absolute atomic E-state index is 12.2. The molecule has 0 radical (unpaired) electrons. The number of carbonyl (C=O) groups is 2. The van der Waals surface area contributed by atoms with Gasteiger partial charge in [0.05, 0.1) is 25.7 Å². The van der Waals surface area contributed by atoms with Crippen molar-refractivity contribution < 1.29 is 28.5 Å². The third-order valence-corrected chi connectivity index (χ3v) is 3.27. The van der Waals surface area contributed by atoms with E-state index in [1.807, 2.05) is 0 Å². The van der Waals surface area contributed by atoms with Crippen molar-refractivity contribution in [2.24, 2.45) is 11.7 Å². The zero-order valence-electron chi connectivity index (χ0n) is 13.8. The number of hydrogen-bond donors (Lipinski definition) is 1. The molecule has 0 aliphatic carbocycles. The van der Waals surface area contributed by atoms with Gasteiger partial charge >= 0.3 is 12.1 Å². The molecule has 0 aromatic rings. The summed E-state index contributed by atoms with van der Waals surface area (Å²) in [5.74, 6) is -1.15. The molecule has 1 saturated heterocycles. The SMILES string of the molecule is COCO[C@@H]1CN(C(=O)OC(C)(C)C)C[C@H](C(=O)OC)[C@H]1N. The van der Waals surface area contributed by atoms with Crippen LogP contribution in [0.3, 0.4) is 0 Å². The summed E-state index contributed by atoms with van der Waals surface area (Å²) >= 11 is 0. The predicted molar refractivity (Wildman–Crippen MR) is 78.0 cm³/mol. The first kappa shape index (κ1) is 18.7. The quantitative estimate of drug-likeness (QED) is 0.589. The highest BCUT2D eigenvalue weighted by Crippen LogP contribution is 2.22. The second-order valence-corrected chi connectivity index (χ2v) is 6.20. The van der Waals surface area contributed by atoms with E-state index in [0.717, 1.165) is 0 Å². The Balaban J connectivity index is 2.85. The van der Waals surface area contributed by atoms with Crippen molar-refractivity contribution in [3.8, 4) is 0 Å². The molecule has 0 aromatic carbocycles. The molecule has 1 heterocycles. The van der Waals surface area contributed by atoms with Crippen LogP contribution < -0.4 is 5.73 Å². The molecule has 1 rings (SSSR count). The molecule has 2 N–H and O–H groups in total. The monoisotopic (exact) mass is 318 g/mol. The predicted octanol–water partition coefficient (Wildman–Crippen LogP) is 0.343. The van der Waals surface area contributed by atoms with Gasteiger partial charge < -0.3 is 29.6 Å². The largest absolute Gasteiger partial charge is 0.469 e. The Labute approximate surface area is 130 Å². The Morgan fingerprint density at radius 2 is 1.86 bits per heavy atom. The molecule has 1 fully saturated rings. The lowest BCUT2D eigenvalue weighted by Crippen LogP contribution is -2.61. The fourth-order valence-corrected chi connectivity index (χ4v) is 2.21. The van der Waals surface area contributed by atoms with Crippen LogP contribution >= 0.6 is 0 Å². The van der Waals surface area contributed by atoms with Crippen molar-refractivity contribution in [1.82, 2.24) is 4.90 Å². The van der Waals surface area contributed by atoms with E-state index < -0.39 is 35.7 Å². The van der Waals surface area contributed by atoms with Gasteiger partial charge in [0.1, 0.15) is 12.4 Å². The van der Waals surface area contributed by atoms with Gasteiger partial charge in [0, 0.05) is 19.7 Å². The Morgan fingerprint density at radius 3 is 2.36 bits per heavy atom. The lowest BCUT2D eigenvalue weighted by molar-refractivity contribution is -0.155. The van der Waals surface area contributed by atoms with Crippen LogP contribution in [-0.2, 0) is 23.7 Å². The van der Waals surface area contributed by atoms with E-state index in [2.05, 4.69) is 0 Å². The van der Waals surface area contributed by atoms with Crippen LogP contribution in [0.5, 0.6) is 0 Å². The van der Waals surface area contributed by atoms with Gasteiger partial charge in [-0.15, -0.1) is 0 Å². The minimum Gasteiger partial charge on any atom is -0.469 e. The van der Waals surface area contributed by atoms with E-state index in [1.165, 1.54) is 19.1 Å². The van der Waals surface area contributed by atoms with Crippen molar-refractivity contribution >= 4 is 12.1 Å². The molecule has 0 bridgehead atoms. The lowest BCUT2D eigenvalue weighted by Gasteiger charge is -2.40. The van der Waals surface area contributed by atoms with E-state index in [1.54, 1.807) is 20.8 Å². The number of amides is 1. The van der Waals surface area contributed by atoms with Crippen LogP contribution in [0.2, 0.25) is 0 Å². The van der Waals surface area contributed by atoms with Gasteiger partial charge in [0.2, 0.25) is 0 Å². The molecule has 0 aromatic heterocycles. The number of methoxy groups -OCH3 is 2. The number of ether oxygens (including phenoxy) is 4. The normalized spacial score (nSPS) is 25.7. The fourth-order valence-electron chi connectivity index (χ4n) is 2.21. The molecule has 8 nitrogen and oxygen atoms in total. The van der Waals surface area contributed by atoms with Crippen LogP contribution in [0.1, 0.15) is 20.8 Å². The van der Waals surface area contributed by atoms with E-state index in [0.29, 0.717) is 0 Å². The highest BCUT2D eigenvalue weighted by molar-refractivity contribution is 5.76. The van der Waals surface area contributed by atoms with Crippen LogP contribution in [0.25, 0.3) is 0 Å². The number of nitrogens with two attached hydrogens (primary N) is 1. The molecule has 1 aliphatic rings. The summed E-state index contributed by atoms with van der Waals surface area (Å²) in [5, 5.41) is 0. The first-order valence-corrected chi connectivity index (χ1v) is 7.11. The third-order valence-electron chi connectivity index (χ3n) is 3.27. The first-order chi connectivity index (χ1) is 10.2. The highest BCUT2D eigenvalue weighted by Gasteiger charge is 2.42. The second-order valence-electron chi connectivity index (χ2n) is 6.20. The first-order valence-electron chi connectivity index (χ1n) is 7.11. The van der Waals surface area contributed by atoms with E-state index in [-0.39, 0.29) is 19.9 Å². The summed E-state index contributed by atoms with van der Waals surface area (Å²) in [6.07, 6.45) is -1.05. The molecular formula is C14H26N2O6. The number of esters is 1. The number of hydrogen-bond acceptors (Lipinski definition) is 7. The van der Waals surface area contributed by atoms with Gasteiger partial charge in [-0.25, -0.2) is 4.79 Å². The number of likely N-dealkylation sites (tertiary alicyclic amines) is 1. The van der Waals surface area contributed by atoms with Gasteiger partial charge in [0.15, 0.2) is 0 Å². The van der Waals surface area contributed by atoms with E-state index >= 15 is 0 Å². The summed E-state index contributed by atoms with van der Waals surface area (Å²) in [6.45, 7) is 5.71. The van der Waals surface area contributed by atoms with Gasteiger partial charge in [-0.1, -0.05) is 0 Å². The summed E-state index contributed by atoms with van der Waals surface area (Å²) < 4.78 is 20.4. The third kappa shape index (κ3) is 5.11. The summed E-state index contributed by atoms with van der Waals surface area (Å²) in [5.41, 5.74) is 5.45. The molecule has 128 valence electrons. The van der Waals surface area contributed by atoms with Gasteiger partial charge in [-0.3, -0.25) is 4.79 Å². The van der Waals surface area contributed by atoms with Crippen molar-refractivity contribution in [2.45, 2.75) is 38.5 Å². The Kier molecular flexibility index (Phi) is 6.58. The zero-order chi connectivity index (χ0) is 16.9. The minimum atomic E-state index is -0.673. The van der Waals surface area contributed by atoms with Crippen LogP contribution in [-0.4, -0.2) is 68.8 Å². The molecule has 1 amide bonds. The standard InChI is InChI=1S/C14H26N2O6/c1-14(2,3)22-13(18)16-6-9(12(17)20-5)11(15)10(7-16)21-8-19-4/h9-11H,6-8,15H2,1-5H3/t9-,10+,11+/m0/s1. The van der Waals surface area contributed by atoms with Crippen molar-refractivity contribution in [1.29, 1.82) is 0 Å². The molecule has 3 atom stereocenters. The van der Waals surface area contributed by atoms with Gasteiger partial charge in [0.25, 0.3) is 0 Å². The molecule has 0 spiro atoms. The second kappa shape index (κ2) is 7.75. The lowest BCUT2D eigenvalue weighted by atomic mass is 9.91. The van der Waals surface area contributed by atoms with Crippen molar-refractivity contribution in [3.05, 3.63) is 0 Å². The summed E-state index contributed by atoms with van der Waals surface area (Å²) in [6, 6.07) is -0.582. The molecule has 1 aliphatic heterocycles. The smallest absolute Gasteiger partial charge is 0.410 e. The fraction of sp³-hybridized carbons (Fsp3) is 0.857. The number of piperidine rings is 1. The number of nitrogens with zero attached hydrogens (tertiary/aromatic N) is 1. The molecule has 8 heteroatoms. The van der Waals surface area contributed by atoms with E-state index in [9.17, 15) is 9.59 Å². The van der Waals surface area contributed by atoms with Gasteiger partial charge in [-0.05, 0) is 20.8 Å². The minimum absolute atomic E-state index is 0.0222. The Morgan fingerprint density at radius 1 is 1.23 bits per heavy atom. The van der Waals surface area contributed by atoms with Crippen LogP contribution in [0, 0.1) is 5.92 Å². The van der Waals surface area contributed by atoms with Gasteiger partial charge in [-0.2, -0.15) is 0 Å². The van der Waals surface area contributed by atoms with Crippen LogP contribution in [0.15, 0.2) is 0 Å².